The van der Waals surface area contributed by atoms with E-state index in [-0.39, 0.29) is 11.4 Å². The molecule has 7 heteroatoms. The normalized spacial score (nSPS) is 15.7. The number of thiophene rings is 1. The molecule has 2 heterocycles. The molecule has 0 radical (unpaired) electrons. The largest absolute Gasteiger partial charge is 0.497 e. The summed E-state index contributed by atoms with van der Waals surface area (Å²) in [6.07, 6.45) is 2.26. The topological polar surface area (TPSA) is 58.6 Å². The van der Waals surface area contributed by atoms with Crippen LogP contribution in [0.5, 0.6) is 5.75 Å². The third-order valence-electron chi connectivity index (χ3n) is 6.18. The lowest BCUT2D eigenvalue weighted by molar-refractivity contribution is 0.206. The standard InChI is InChI=1S/C25H30N2O3S2/c1-19-12-15-31-25(19)18-27-13-10-21(11-14-27)22-5-3-4-20(16-22)17-26-32(28,29)24-8-6-23(30-2)7-9-24/h3-9,12,15-16,21,26H,10-11,13-14,17-18H2,1-2H3. The fourth-order valence-electron chi connectivity index (χ4n) is 4.17. The number of hydrogen-bond donors (Lipinski definition) is 1. The first kappa shape index (κ1) is 23.0. The average molecular weight is 471 g/mol. The molecule has 0 atom stereocenters. The molecule has 1 saturated heterocycles. The molecule has 0 amide bonds. The van der Waals surface area contributed by atoms with Crippen molar-refractivity contribution in [3.05, 3.63) is 81.5 Å². The van der Waals surface area contributed by atoms with E-state index in [0.717, 1.165) is 38.0 Å². The Balaban J connectivity index is 1.34. The van der Waals surface area contributed by atoms with Crippen molar-refractivity contribution in [3.8, 4) is 5.75 Å². The van der Waals surface area contributed by atoms with Crippen molar-refractivity contribution in [1.82, 2.24) is 9.62 Å². The molecule has 5 nitrogen and oxygen atoms in total. The Labute approximate surface area is 195 Å². The predicted molar refractivity (Wildman–Crippen MR) is 130 cm³/mol. The van der Waals surface area contributed by atoms with Gasteiger partial charge in [-0.15, -0.1) is 11.3 Å². The number of likely N-dealkylation sites (tertiary alicyclic amines) is 1. The Morgan fingerprint density at radius 3 is 2.50 bits per heavy atom. The van der Waals surface area contributed by atoms with Gasteiger partial charge in [0.1, 0.15) is 5.75 Å². The van der Waals surface area contributed by atoms with Gasteiger partial charge in [0, 0.05) is 18.0 Å². The molecule has 0 saturated carbocycles. The highest BCUT2D eigenvalue weighted by atomic mass is 32.2. The van der Waals surface area contributed by atoms with Gasteiger partial charge in [-0.25, -0.2) is 13.1 Å². The maximum Gasteiger partial charge on any atom is 0.240 e. The molecule has 0 unspecified atom stereocenters. The van der Waals surface area contributed by atoms with E-state index in [1.54, 1.807) is 31.4 Å². The molecule has 2 aromatic carbocycles. The maximum atomic E-state index is 12.6. The second-order valence-electron chi connectivity index (χ2n) is 8.32. The quantitative estimate of drug-likeness (QED) is 0.508. The Kier molecular flexibility index (Phi) is 7.30. The average Bonchev–Trinajstić information content (AvgIpc) is 3.23. The van der Waals surface area contributed by atoms with E-state index in [0.29, 0.717) is 11.7 Å². The van der Waals surface area contributed by atoms with Crippen molar-refractivity contribution in [2.24, 2.45) is 0 Å². The van der Waals surface area contributed by atoms with Crippen LogP contribution in [0, 0.1) is 6.92 Å². The number of benzene rings is 2. The number of methoxy groups -OCH3 is 1. The van der Waals surface area contributed by atoms with E-state index < -0.39 is 10.0 Å². The van der Waals surface area contributed by atoms with Crippen molar-refractivity contribution in [3.63, 3.8) is 0 Å². The molecule has 1 aromatic heterocycles. The Bertz CT molecular complexity index is 1130. The van der Waals surface area contributed by atoms with Gasteiger partial charge in [-0.05, 0) is 91.2 Å². The van der Waals surface area contributed by atoms with Crippen molar-refractivity contribution in [2.45, 2.75) is 43.7 Å². The summed E-state index contributed by atoms with van der Waals surface area (Å²) < 4.78 is 33.1. The smallest absolute Gasteiger partial charge is 0.240 e. The molecule has 0 bridgehead atoms. The van der Waals surface area contributed by atoms with E-state index in [4.69, 9.17) is 4.74 Å². The van der Waals surface area contributed by atoms with E-state index in [1.165, 1.54) is 16.0 Å². The predicted octanol–water partition coefficient (Wildman–Crippen LogP) is 4.92. The number of nitrogens with zero attached hydrogens (tertiary/aromatic N) is 1. The van der Waals surface area contributed by atoms with Crippen LogP contribution in [0.3, 0.4) is 0 Å². The molecule has 170 valence electrons. The third kappa shape index (κ3) is 5.59. The van der Waals surface area contributed by atoms with Crippen molar-refractivity contribution in [1.29, 1.82) is 0 Å². The molecule has 32 heavy (non-hydrogen) atoms. The minimum absolute atomic E-state index is 0.239. The second-order valence-corrected chi connectivity index (χ2v) is 11.1. The lowest BCUT2D eigenvalue weighted by Gasteiger charge is -2.32. The van der Waals surface area contributed by atoms with Gasteiger partial charge in [0.2, 0.25) is 10.0 Å². The number of nitrogens with one attached hydrogen (secondary N) is 1. The molecular weight excluding hydrogens is 440 g/mol. The Hall–Kier alpha value is -2.19. The SMILES string of the molecule is COc1ccc(S(=O)(=O)NCc2cccc(C3CCN(Cc4sccc4C)CC3)c2)cc1. The fourth-order valence-corrected chi connectivity index (χ4v) is 6.13. The van der Waals surface area contributed by atoms with E-state index >= 15 is 0 Å². The summed E-state index contributed by atoms with van der Waals surface area (Å²) in [5, 5.41) is 2.17. The summed E-state index contributed by atoms with van der Waals surface area (Å²) >= 11 is 1.85. The highest BCUT2D eigenvalue weighted by molar-refractivity contribution is 7.89. The summed E-state index contributed by atoms with van der Waals surface area (Å²) in [7, 11) is -2.01. The molecule has 1 aliphatic heterocycles. The minimum atomic E-state index is -3.57. The third-order valence-corrected chi connectivity index (χ3v) is 8.61. The van der Waals surface area contributed by atoms with E-state index in [2.05, 4.69) is 40.1 Å². The van der Waals surface area contributed by atoms with Crippen molar-refractivity contribution < 1.29 is 13.2 Å². The first-order valence-corrected chi connectivity index (χ1v) is 13.3. The van der Waals surface area contributed by atoms with Crippen LogP contribution in [0.1, 0.15) is 40.3 Å². The number of rotatable bonds is 8. The van der Waals surface area contributed by atoms with Gasteiger partial charge in [-0.2, -0.15) is 0 Å². The van der Waals surface area contributed by atoms with E-state index in [1.807, 2.05) is 23.5 Å². The van der Waals surface area contributed by atoms with Gasteiger partial charge in [-0.3, -0.25) is 4.90 Å². The van der Waals surface area contributed by atoms with Gasteiger partial charge >= 0.3 is 0 Å². The number of aryl methyl sites for hydroxylation is 1. The Morgan fingerprint density at radius 1 is 1.09 bits per heavy atom. The van der Waals surface area contributed by atoms with Gasteiger partial charge in [0.05, 0.1) is 12.0 Å². The van der Waals surface area contributed by atoms with Crippen LogP contribution in [-0.4, -0.2) is 33.5 Å². The highest BCUT2D eigenvalue weighted by Crippen LogP contribution is 2.30. The molecule has 1 fully saturated rings. The molecule has 4 rings (SSSR count). The van der Waals surface area contributed by atoms with E-state index in [9.17, 15) is 8.42 Å². The summed E-state index contributed by atoms with van der Waals surface area (Å²) in [6, 6.07) is 17.0. The molecule has 0 aliphatic carbocycles. The van der Waals surface area contributed by atoms with Gasteiger partial charge in [-0.1, -0.05) is 24.3 Å². The van der Waals surface area contributed by atoms with Crippen LogP contribution >= 0.6 is 11.3 Å². The summed E-state index contributed by atoms with van der Waals surface area (Å²) in [4.78, 5) is 4.25. The van der Waals surface area contributed by atoms with Crippen LogP contribution in [0.25, 0.3) is 0 Å². The summed E-state index contributed by atoms with van der Waals surface area (Å²) in [5.41, 5.74) is 3.68. The molecular formula is C25H30N2O3S2. The van der Waals surface area contributed by atoms with Gasteiger partial charge < -0.3 is 4.74 Å². The molecule has 3 aromatic rings. The van der Waals surface area contributed by atoms with Crippen LogP contribution in [0.2, 0.25) is 0 Å². The van der Waals surface area contributed by atoms with Crippen molar-refractivity contribution in [2.75, 3.05) is 20.2 Å². The fraction of sp³-hybridized carbons (Fsp3) is 0.360. The number of ether oxygens (including phenoxy) is 1. The van der Waals surface area contributed by atoms with Crippen LogP contribution in [0.15, 0.2) is 64.9 Å². The molecule has 0 spiro atoms. The first-order valence-electron chi connectivity index (χ1n) is 10.9. The maximum absolute atomic E-state index is 12.6. The number of piperidine rings is 1. The van der Waals surface area contributed by atoms with Gasteiger partial charge in [0.25, 0.3) is 0 Å². The summed E-state index contributed by atoms with van der Waals surface area (Å²) in [5.74, 6) is 1.15. The van der Waals surface area contributed by atoms with Crippen LogP contribution in [-0.2, 0) is 23.1 Å². The van der Waals surface area contributed by atoms with Crippen LogP contribution < -0.4 is 9.46 Å². The van der Waals surface area contributed by atoms with Crippen LogP contribution in [0.4, 0.5) is 0 Å². The first-order chi connectivity index (χ1) is 15.4. The Morgan fingerprint density at radius 2 is 1.84 bits per heavy atom. The monoisotopic (exact) mass is 470 g/mol. The number of hydrogen-bond acceptors (Lipinski definition) is 5. The van der Waals surface area contributed by atoms with Gasteiger partial charge in [0.15, 0.2) is 0 Å². The number of sulfonamides is 1. The zero-order valence-electron chi connectivity index (χ0n) is 18.6. The second kappa shape index (κ2) is 10.2. The summed E-state index contributed by atoms with van der Waals surface area (Å²) in [6.45, 7) is 5.70. The molecule has 1 aliphatic rings. The lowest BCUT2D eigenvalue weighted by Crippen LogP contribution is -2.32. The minimum Gasteiger partial charge on any atom is -0.497 e. The zero-order valence-corrected chi connectivity index (χ0v) is 20.2. The van der Waals surface area contributed by atoms with Crippen molar-refractivity contribution >= 4 is 21.4 Å². The lowest BCUT2D eigenvalue weighted by atomic mass is 9.88. The highest BCUT2D eigenvalue weighted by Gasteiger charge is 2.22. The zero-order chi connectivity index (χ0) is 22.6. The molecule has 1 N–H and O–H groups in total.